The Morgan fingerprint density at radius 2 is 2.08 bits per heavy atom. The van der Waals surface area contributed by atoms with Crippen LogP contribution < -0.4 is 9.47 Å². The lowest BCUT2D eigenvalue weighted by Gasteiger charge is -2.34. The van der Waals surface area contributed by atoms with E-state index in [1.807, 2.05) is 30.5 Å². The predicted molar refractivity (Wildman–Crippen MR) is 94.8 cm³/mol. The van der Waals surface area contributed by atoms with E-state index in [0.29, 0.717) is 12.6 Å². The highest BCUT2D eigenvalue weighted by Crippen LogP contribution is 2.26. The van der Waals surface area contributed by atoms with Crippen molar-refractivity contribution in [3.05, 3.63) is 42.5 Å². The van der Waals surface area contributed by atoms with Crippen LogP contribution in [0.4, 0.5) is 0 Å². The molecule has 2 heterocycles. The van der Waals surface area contributed by atoms with Gasteiger partial charge >= 0.3 is 0 Å². The molecule has 0 spiro atoms. The van der Waals surface area contributed by atoms with Gasteiger partial charge in [-0.05, 0) is 31.5 Å². The van der Waals surface area contributed by atoms with E-state index in [4.69, 9.17) is 9.47 Å². The van der Waals surface area contributed by atoms with Crippen molar-refractivity contribution in [2.45, 2.75) is 32.2 Å². The van der Waals surface area contributed by atoms with Gasteiger partial charge in [-0.2, -0.15) is 0 Å². The summed E-state index contributed by atoms with van der Waals surface area (Å²) in [7, 11) is 1.67. The maximum atomic E-state index is 5.92. The van der Waals surface area contributed by atoms with Gasteiger partial charge < -0.3 is 14.0 Å². The molecule has 0 saturated carbocycles. The predicted octanol–water partition coefficient (Wildman–Crippen LogP) is 3.17. The monoisotopic (exact) mass is 329 g/mol. The lowest BCUT2D eigenvalue weighted by molar-refractivity contribution is 0.147. The van der Waals surface area contributed by atoms with Crippen LogP contribution in [0, 0.1) is 0 Å². The number of rotatable bonds is 7. The van der Waals surface area contributed by atoms with Crippen molar-refractivity contribution in [2.75, 3.05) is 33.4 Å². The molecule has 24 heavy (non-hydrogen) atoms. The molecule has 130 valence electrons. The molecule has 2 aromatic rings. The number of methoxy groups -OCH3 is 1. The van der Waals surface area contributed by atoms with Crippen molar-refractivity contribution in [3.8, 4) is 11.5 Å². The topological polar surface area (TPSA) is 39.5 Å². The first-order valence-electron chi connectivity index (χ1n) is 8.81. The van der Waals surface area contributed by atoms with Gasteiger partial charge in [0, 0.05) is 37.9 Å². The van der Waals surface area contributed by atoms with Crippen molar-refractivity contribution in [3.63, 3.8) is 0 Å². The number of aromatic nitrogens is 2. The van der Waals surface area contributed by atoms with E-state index in [1.54, 1.807) is 7.11 Å². The number of likely N-dealkylation sites (tertiary alicyclic amines) is 1. The average Bonchev–Trinajstić information content (AvgIpc) is 3.11. The number of para-hydroxylation sites is 2. The smallest absolute Gasteiger partial charge is 0.161 e. The van der Waals surface area contributed by atoms with Crippen molar-refractivity contribution in [2.24, 2.45) is 0 Å². The molecular formula is C19H27N3O2. The summed E-state index contributed by atoms with van der Waals surface area (Å²) in [5.74, 6) is 2.79. The third-order valence-electron chi connectivity index (χ3n) is 4.67. The summed E-state index contributed by atoms with van der Waals surface area (Å²) < 4.78 is 13.6. The second-order valence-corrected chi connectivity index (χ2v) is 6.20. The van der Waals surface area contributed by atoms with Gasteiger partial charge in [0.25, 0.3) is 0 Å². The number of piperidine rings is 1. The fraction of sp³-hybridized carbons (Fsp3) is 0.526. The van der Waals surface area contributed by atoms with E-state index in [0.717, 1.165) is 37.6 Å². The second kappa shape index (κ2) is 8.20. The number of imidazole rings is 1. The minimum atomic E-state index is 0.530. The molecule has 5 nitrogen and oxygen atoms in total. The first kappa shape index (κ1) is 16.8. The first-order chi connectivity index (χ1) is 11.8. The zero-order valence-corrected chi connectivity index (χ0v) is 14.6. The summed E-state index contributed by atoms with van der Waals surface area (Å²) in [6.45, 7) is 5.99. The Balaban J connectivity index is 1.52. The summed E-state index contributed by atoms with van der Waals surface area (Å²) in [5.41, 5.74) is 0. The van der Waals surface area contributed by atoms with Gasteiger partial charge in [0.05, 0.1) is 7.11 Å². The molecule has 0 N–H and O–H groups in total. The number of nitrogens with zero attached hydrogens (tertiary/aromatic N) is 3. The van der Waals surface area contributed by atoms with Gasteiger partial charge in [-0.1, -0.05) is 19.1 Å². The van der Waals surface area contributed by atoms with Crippen LogP contribution in [-0.4, -0.2) is 47.8 Å². The van der Waals surface area contributed by atoms with Crippen LogP contribution >= 0.6 is 0 Å². The second-order valence-electron chi connectivity index (χ2n) is 6.20. The van der Waals surface area contributed by atoms with Crippen LogP contribution in [0.15, 0.2) is 36.7 Å². The van der Waals surface area contributed by atoms with Crippen LogP contribution in [0.3, 0.4) is 0 Å². The van der Waals surface area contributed by atoms with E-state index >= 15 is 0 Å². The molecule has 1 aromatic carbocycles. The molecule has 0 unspecified atom stereocenters. The molecule has 0 bridgehead atoms. The van der Waals surface area contributed by atoms with Gasteiger partial charge in [-0.25, -0.2) is 4.98 Å². The van der Waals surface area contributed by atoms with E-state index < -0.39 is 0 Å². The van der Waals surface area contributed by atoms with Crippen molar-refractivity contribution in [1.82, 2.24) is 14.5 Å². The standard InChI is InChI=1S/C19H27N3O2/c1-3-19-20-10-12-22(19)16-7-6-11-21(15-16)13-14-24-18-9-5-4-8-17(18)23-2/h4-5,8-10,12,16H,3,6-7,11,13-15H2,1-2H3/t16-/m0/s1. The first-order valence-corrected chi connectivity index (χ1v) is 8.81. The molecule has 1 saturated heterocycles. The zero-order chi connectivity index (χ0) is 16.8. The Hall–Kier alpha value is -2.01. The minimum absolute atomic E-state index is 0.530. The summed E-state index contributed by atoms with van der Waals surface area (Å²) in [5, 5.41) is 0. The zero-order valence-electron chi connectivity index (χ0n) is 14.6. The Morgan fingerprint density at radius 3 is 2.88 bits per heavy atom. The summed E-state index contributed by atoms with van der Waals surface area (Å²) >= 11 is 0. The Labute approximate surface area is 144 Å². The van der Waals surface area contributed by atoms with E-state index in [9.17, 15) is 0 Å². The maximum absolute atomic E-state index is 5.92. The lowest BCUT2D eigenvalue weighted by atomic mass is 10.1. The molecule has 1 aromatic heterocycles. The van der Waals surface area contributed by atoms with Gasteiger partial charge in [-0.15, -0.1) is 0 Å². The van der Waals surface area contributed by atoms with Gasteiger partial charge in [0.2, 0.25) is 0 Å². The molecular weight excluding hydrogens is 302 g/mol. The average molecular weight is 329 g/mol. The van der Waals surface area contributed by atoms with E-state index in [1.165, 1.54) is 18.7 Å². The molecule has 0 aliphatic carbocycles. The highest BCUT2D eigenvalue weighted by molar-refractivity contribution is 5.39. The van der Waals surface area contributed by atoms with E-state index in [-0.39, 0.29) is 0 Å². The number of hydrogen-bond acceptors (Lipinski definition) is 4. The van der Waals surface area contributed by atoms with E-state index in [2.05, 4.69) is 27.6 Å². The highest BCUT2D eigenvalue weighted by atomic mass is 16.5. The fourth-order valence-corrected chi connectivity index (χ4v) is 3.43. The van der Waals surface area contributed by atoms with Crippen LogP contribution in [-0.2, 0) is 6.42 Å². The van der Waals surface area contributed by atoms with Gasteiger partial charge in [0.15, 0.2) is 11.5 Å². The Bertz CT molecular complexity index is 641. The Morgan fingerprint density at radius 1 is 1.25 bits per heavy atom. The highest BCUT2D eigenvalue weighted by Gasteiger charge is 2.22. The van der Waals surface area contributed by atoms with Crippen molar-refractivity contribution in [1.29, 1.82) is 0 Å². The third kappa shape index (κ3) is 3.90. The van der Waals surface area contributed by atoms with Crippen molar-refractivity contribution < 1.29 is 9.47 Å². The molecule has 1 atom stereocenters. The van der Waals surface area contributed by atoms with Gasteiger partial charge in [-0.3, -0.25) is 4.90 Å². The number of hydrogen-bond donors (Lipinski definition) is 0. The molecule has 1 aliphatic rings. The summed E-state index contributed by atoms with van der Waals surface area (Å²) in [4.78, 5) is 6.95. The minimum Gasteiger partial charge on any atom is -0.493 e. The third-order valence-corrected chi connectivity index (χ3v) is 4.67. The molecule has 1 aliphatic heterocycles. The SMILES string of the molecule is CCc1nccn1[C@H]1CCCN(CCOc2ccccc2OC)C1. The normalized spacial score (nSPS) is 18.5. The largest absolute Gasteiger partial charge is 0.493 e. The number of ether oxygens (including phenoxy) is 2. The number of aryl methyl sites for hydroxylation is 1. The van der Waals surface area contributed by atoms with Crippen molar-refractivity contribution >= 4 is 0 Å². The molecule has 5 heteroatoms. The maximum Gasteiger partial charge on any atom is 0.161 e. The van der Waals surface area contributed by atoms with Crippen LogP contribution in [0.5, 0.6) is 11.5 Å². The molecule has 0 amide bonds. The Kier molecular flexibility index (Phi) is 5.75. The van der Waals surface area contributed by atoms with Crippen LogP contribution in [0.1, 0.15) is 31.6 Å². The van der Waals surface area contributed by atoms with Crippen LogP contribution in [0.2, 0.25) is 0 Å². The fourth-order valence-electron chi connectivity index (χ4n) is 3.43. The lowest BCUT2D eigenvalue weighted by Crippen LogP contribution is -2.39. The number of benzene rings is 1. The summed E-state index contributed by atoms with van der Waals surface area (Å²) in [6.07, 6.45) is 7.48. The van der Waals surface area contributed by atoms with Gasteiger partial charge in [0.1, 0.15) is 12.4 Å². The quantitative estimate of drug-likeness (QED) is 0.782. The van der Waals surface area contributed by atoms with Crippen LogP contribution in [0.25, 0.3) is 0 Å². The molecule has 0 radical (unpaired) electrons. The summed E-state index contributed by atoms with van der Waals surface area (Å²) in [6, 6.07) is 8.34. The molecule has 1 fully saturated rings. The molecule has 3 rings (SSSR count).